The lowest BCUT2D eigenvalue weighted by Gasteiger charge is -2.02. The second-order valence-electron chi connectivity index (χ2n) is 3.08. The number of alkyl halides is 1. The predicted octanol–water partition coefficient (Wildman–Crippen LogP) is 2.78. The van der Waals surface area contributed by atoms with Crippen LogP contribution < -0.4 is 4.74 Å². The number of ether oxygens (including phenoxy) is 1. The van der Waals surface area contributed by atoms with E-state index in [1.807, 2.05) is 41.2 Å². The molecule has 0 unspecified atom stereocenters. The Hall–Kier alpha value is -1.29. The maximum Gasteiger partial charge on any atom is 0.119 e. The van der Waals surface area contributed by atoms with Crippen molar-refractivity contribution in [3.8, 4) is 11.4 Å². The van der Waals surface area contributed by atoms with Crippen LogP contribution in [0.3, 0.4) is 0 Å². The maximum atomic E-state index is 5.09. The third-order valence-electron chi connectivity index (χ3n) is 2.12. The summed E-state index contributed by atoms with van der Waals surface area (Å²) in [6.45, 7) is 0. The van der Waals surface area contributed by atoms with Gasteiger partial charge in [-0.05, 0) is 30.3 Å². The number of halogens is 1. The van der Waals surface area contributed by atoms with Gasteiger partial charge in [-0.1, -0.05) is 15.9 Å². The molecule has 2 aromatic rings. The van der Waals surface area contributed by atoms with Gasteiger partial charge in [0.25, 0.3) is 0 Å². The van der Waals surface area contributed by atoms with Crippen LogP contribution in [0.1, 0.15) is 5.69 Å². The van der Waals surface area contributed by atoms with Crippen molar-refractivity contribution < 1.29 is 4.74 Å². The third kappa shape index (κ3) is 2.21. The standard InChI is InChI=1S/C11H11BrN2O/c1-15-11-4-2-10(3-5-11)14-7-6-9(8-12)13-14/h2-7H,8H2,1H3. The second kappa shape index (κ2) is 4.49. The molecule has 3 nitrogen and oxygen atoms in total. The quantitative estimate of drug-likeness (QED) is 0.799. The highest BCUT2D eigenvalue weighted by Crippen LogP contribution is 2.14. The summed E-state index contributed by atoms with van der Waals surface area (Å²) in [5.74, 6) is 0.853. The summed E-state index contributed by atoms with van der Waals surface area (Å²) in [6.07, 6.45) is 1.94. The Labute approximate surface area is 96.8 Å². The van der Waals surface area contributed by atoms with Gasteiger partial charge in [0, 0.05) is 11.5 Å². The van der Waals surface area contributed by atoms with Crippen molar-refractivity contribution in [1.82, 2.24) is 9.78 Å². The summed E-state index contributed by atoms with van der Waals surface area (Å²) in [4.78, 5) is 0. The molecule has 0 saturated heterocycles. The van der Waals surface area contributed by atoms with E-state index in [1.165, 1.54) is 0 Å². The Morgan fingerprint density at radius 2 is 2.00 bits per heavy atom. The Bertz CT molecular complexity index is 436. The van der Waals surface area contributed by atoms with E-state index in [4.69, 9.17) is 4.74 Å². The molecular weight excluding hydrogens is 256 g/mol. The second-order valence-corrected chi connectivity index (χ2v) is 3.64. The molecule has 78 valence electrons. The van der Waals surface area contributed by atoms with Gasteiger partial charge in [0.15, 0.2) is 0 Å². The van der Waals surface area contributed by atoms with Crippen LogP contribution in [-0.4, -0.2) is 16.9 Å². The van der Waals surface area contributed by atoms with Crippen LogP contribution in [0.4, 0.5) is 0 Å². The minimum absolute atomic E-state index is 0.774. The van der Waals surface area contributed by atoms with Gasteiger partial charge in [0.2, 0.25) is 0 Å². The molecule has 0 aliphatic carbocycles. The summed E-state index contributed by atoms with van der Waals surface area (Å²) in [7, 11) is 1.66. The predicted molar refractivity (Wildman–Crippen MR) is 62.7 cm³/mol. The third-order valence-corrected chi connectivity index (χ3v) is 2.69. The van der Waals surface area contributed by atoms with Crippen LogP contribution in [-0.2, 0) is 5.33 Å². The molecule has 0 saturated carbocycles. The minimum Gasteiger partial charge on any atom is -0.497 e. The van der Waals surface area contributed by atoms with Gasteiger partial charge in [-0.25, -0.2) is 4.68 Å². The van der Waals surface area contributed by atoms with Crippen molar-refractivity contribution >= 4 is 15.9 Å². The zero-order valence-corrected chi connectivity index (χ0v) is 9.94. The van der Waals surface area contributed by atoms with E-state index < -0.39 is 0 Å². The average Bonchev–Trinajstić information content (AvgIpc) is 2.78. The first-order chi connectivity index (χ1) is 7.33. The van der Waals surface area contributed by atoms with Gasteiger partial charge in [0.1, 0.15) is 5.75 Å². The topological polar surface area (TPSA) is 27.1 Å². The Balaban J connectivity index is 2.28. The lowest BCUT2D eigenvalue weighted by atomic mass is 10.3. The zero-order valence-electron chi connectivity index (χ0n) is 8.35. The van der Waals surface area contributed by atoms with Gasteiger partial charge in [-0.15, -0.1) is 0 Å². The van der Waals surface area contributed by atoms with E-state index >= 15 is 0 Å². The fourth-order valence-electron chi connectivity index (χ4n) is 1.31. The molecule has 2 rings (SSSR count). The van der Waals surface area contributed by atoms with Crippen LogP contribution in [0.5, 0.6) is 5.75 Å². The van der Waals surface area contributed by atoms with E-state index in [1.54, 1.807) is 7.11 Å². The molecule has 1 aromatic heterocycles. The molecule has 0 amide bonds. The molecule has 0 N–H and O–H groups in total. The van der Waals surface area contributed by atoms with Crippen molar-refractivity contribution in [2.24, 2.45) is 0 Å². The fraction of sp³-hybridized carbons (Fsp3) is 0.182. The van der Waals surface area contributed by atoms with Crippen LogP contribution in [0.2, 0.25) is 0 Å². The van der Waals surface area contributed by atoms with Gasteiger partial charge in [0.05, 0.1) is 18.5 Å². The van der Waals surface area contributed by atoms with Gasteiger partial charge in [-0.2, -0.15) is 5.10 Å². The van der Waals surface area contributed by atoms with E-state index in [0.717, 1.165) is 22.5 Å². The fourth-order valence-corrected chi connectivity index (χ4v) is 1.61. The largest absolute Gasteiger partial charge is 0.497 e. The molecule has 0 atom stereocenters. The summed E-state index contributed by atoms with van der Waals surface area (Å²) < 4.78 is 6.94. The van der Waals surface area contributed by atoms with Crippen LogP contribution in [0, 0.1) is 0 Å². The number of benzene rings is 1. The Morgan fingerprint density at radius 1 is 1.27 bits per heavy atom. The molecule has 4 heteroatoms. The molecule has 1 aromatic carbocycles. The van der Waals surface area contributed by atoms with E-state index in [-0.39, 0.29) is 0 Å². The summed E-state index contributed by atoms with van der Waals surface area (Å²) in [6, 6.07) is 9.78. The van der Waals surface area contributed by atoms with Crippen molar-refractivity contribution in [3.63, 3.8) is 0 Å². The molecule has 15 heavy (non-hydrogen) atoms. The number of hydrogen-bond acceptors (Lipinski definition) is 2. The molecule has 0 aliphatic rings. The molecule has 0 spiro atoms. The number of rotatable bonds is 3. The summed E-state index contributed by atoms with van der Waals surface area (Å²) in [5.41, 5.74) is 2.05. The number of methoxy groups -OCH3 is 1. The molecular formula is C11H11BrN2O. The maximum absolute atomic E-state index is 5.09. The normalized spacial score (nSPS) is 10.3. The van der Waals surface area contributed by atoms with Crippen molar-refractivity contribution in [3.05, 3.63) is 42.2 Å². The van der Waals surface area contributed by atoms with Gasteiger partial charge >= 0.3 is 0 Å². The molecule has 0 bridgehead atoms. The lowest BCUT2D eigenvalue weighted by Crippen LogP contribution is -1.95. The number of aromatic nitrogens is 2. The van der Waals surface area contributed by atoms with Gasteiger partial charge in [-0.3, -0.25) is 0 Å². The van der Waals surface area contributed by atoms with Crippen LogP contribution in [0.15, 0.2) is 36.5 Å². The molecule has 0 aliphatic heterocycles. The van der Waals surface area contributed by atoms with E-state index in [0.29, 0.717) is 0 Å². The summed E-state index contributed by atoms with van der Waals surface area (Å²) >= 11 is 3.37. The molecule has 1 heterocycles. The Morgan fingerprint density at radius 3 is 2.53 bits per heavy atom. The smallest absolute Gasteiger partial charge is 0.119 e. The zero-order chi connectivity index (χ0) is 10.7. The highest BCUT2D eigenvalue weighted by molar-refractivity contribution is 9.08. The van der Waals surface area contributed by atoms with Crippen LogP contribution >= 0.6 is 15.9 Å². The lowest BCUT2D eigenvalue weighted by molar-refractivity contribution is 0.414. The van der Waals surface area contributed by atoms with E-state index in [9.17, 15) is 0 Å². The monoisotopic (exact) mass is 266 g/mol. The van der Waals surface area contributed by atoms with Crippen molar-refractivity contribution in [1.29, 1.82) is 0 Å². The van der Waals surface area contributed by atoms with Crippen LogP contribution in [0.25, 0.3) is 5.69 Å². The molecule has 0 fully saturated rings. The van der Waals surface area contributed by atoms with E-state index in [2.05, 4.69) is 21.0 Å². The van der Waals surface area contributed by atoms with Gasteiger partial charge < -0.3 is 4.74 Å². The van der Waals surface area contributed by atoms with Crippen molar-refractivity contribution in [2.75, 3.05) is 7.11 Å². The minimum atomic E-state index is 0.774. The van der Waals surface area contributed by atoms with Crippen molar-refractivity contribution in [2.45, 2.75) is 5.33 Å². The SMILES string of the molecule is COc1ccc(-n2ccc(CBr)n2)cc1. The first-order valence-corrected chi connectivity index (χ1v) is 5.70. The highest BCUT2D eigenvalue weighted by Gasteiger charge is 1.99. The summed E-state index contributed by atoms with van der Waals surface area (Å²) in [5, 5.41) is 5.16. The first kappa shape index (κ1) is 10.2. The molecule has 0 radical (unpaired) electrons. The first-order valence-electron chi connectivity index (χ1n) is 4.58. The number of nitrogens with zero attached hydrogens (tertiary/aromatic N) is 2. The number of hydrogen-bond donors (Lipinski definition) is 0. The highest BCUT2D eigenvalue weighted by atomic mass is 79.9. The average molecular weight is 267 g/mol. The Kier molecular flexibility index (Phi) is 3.06.